The number of hydrogen-bond acceptors (Lipinski definition) is 8. The number of aromatic nitrogens is 4. The van der Waals surface area contributed by atoms with Gasteiger partial charge in [-0.2, -0.15) is 0 Å². The van der Waals surface area contributed by atoms with Crippen LogP contribution in [-0.2, 0) is 32.5 Å². The number of nitrogens with zero attached hydrogens (tertiary/aromatic N) is 7. The Bertz CT molecular complexity index is 8390. The largest absolute Gasteiger partial charge is 1.00 e. The molecule has 6 heterocycles. The predicted molar refractivity (Wildman–Crippen MR) is 573 cm³/mol. The number of para-hydroxylation sites is 6. The van der Waals surface area contributed by atoms with Crippen LogP contribution in [0.2, 0.25) is 5.28 Å². The summed E-state index contributed by atoms with van der Waals surface area (Å²) in [6, 6.07) is 159. The molecule has 140 heavy (non-hydrogen) atoms. The van der Waals surface area contributed by atoms with E-state index in [4.69, 9.17) is 26.6 Å². The molecule has 20 aromatic rings. The first-order valence-corrected chi connectivity index (χ1v) is 48.7. The molecule has 0 saturated heterocycles. The van der Waals surface area contributed by atoms with Crippen LogP contribution in [-0.4, -0.2) is 19.9 Å². The van der Waals surface area contributed by atoms with E-state index < -0.39 is 5.41 Å². The van der Waals surface area contributed by atoms with E-state index in [1.165, 1.54) is 173 Å². The number of halogens is 1. The van der Waals surface area contributed by atoms with Crippen molar-refractivity contribution in [2.45, 2.75) is 87.9 Å². The van der Waals surface area contributed by atoms with Crippen LogP contribution in [0.15, 0.2) is 437 Å². The van der Waals surface area contributed by atoms with Crippen LogP contribution in [0, 0.1) is 0 Å². The second-order valence-corrected chi connectivity index (χ2v) is 40.3. The molecule has 4 aliphatic heterocycles. The Morgan fingerprint density at radius 3 is 0.914 bits per heavy atom. The van der Waals surface area contributed by atoms with Crippen molar-refractivity contribution in [2.24, 2.45) is 0 Å². The van der Waals surface area contributed by atoms with Crippen molar-refractivity contribution in [3.8, 4) is 89.5 Å². The van der Waals surface area contributed by atoms with Crippen LogP contribution in [0.4, 0.5) is 62.8 Å². The zero-order chi connectivity index (χ0) is 93.6. The Kier molecular flexibility index (Phi) is 20.1. The fourth-order valence-electron chi connectivity index (χ4n) is 25.1. The molecule has 2 spiro atoms. The standard InChI is InChI=1S/C65H48N4.C35H21ClN2.C30H28N2.Na.H/c1-63(2)50-33-17-19-36-57(50)68(42-24-9-6-10-25-42)59-38-54-60(39-53(59)63)69(58-37-20-18-34-51(58)64(54,3)4)62-66-55(41-22-7-5-8-23-41)40-56(67-62)46-29-21-35-52-61(46)45-28-13-16-32-49(45)65(52)47-30-14-11-26-43(47)44-27-12-15-31-48(44)65;36-34-37-31(22-11-2-1-3-12-22)21-32(38-34)26-16-10-20-30-33(26)25-15-6-9-19-29(25)35(30)27-17-7-4-13-23(27)24-14-5-8-18-28(24)35;1-29(2)21-14-8-10-16-25(21)31-26-18-24-28(19-23(26)29)32(20-12-6-5-7-13-20)27-17-11-9-15-22(27)30(24,3)4;;/h5-40H,1-4H3;1-21H;5-19,31H,1-4H3;;/q;;;+1;-1. The number of rotatable bonds is 7. The quantitative estimate of drug-likeness (QED) is 0.125. The number of fused-ring (bicyclic) bond motifs is 28. The third-order valence-electron chi connectivity index (χ3n) is 31.4. The second-order valence-electron chi connectivity index (χ2n) is 40.0. The first-order chi connectivity index (χ1) is 67.9. The van der Waals surface area contributed by atoms with Gasteiger partial charge in [0.15, 0.2) is 0 Å². The first-order valence-electron chi connectivity index (χ1n) is 48.4. The van der Waals surface area contributed by atoms with E-state index in [2.05, 4.69) is 499 Å². The van der Waals surface area contributed by atoms with Crippen molar-refractivity contribution >= 4 is 74.4 Å². The monoisotopic (exact) mass is 1830 g/mol. The van der Waals surface area contributed by atoms with Crippen molar-refractivity contribution in [3.63, 3.8) is 0 Å². The average molecular weight is 1830 g/mol. The van der Waals surface area contributed by atoms with Crippen LogP contribution in [0.5, 0.6) is 0 Å². The van der Waals surface area contributed by atoms with Gasteiger partial charge in [-0.15, -0.1) is 0 Å². The van der Waals surface area contributed by atoms with Crippen LogP contribution in [0.1, 0.15) is 146 Å². The molecular weight excluding hydrogens is 1730 g/mol. The SMILES string of the molecule is CC1(C)c2ccccc2N(c2ccccc2)c2cc3c(cc21)N(c1nc(-c2ccccc2)cc(-c2cccc4c2-c2ccccc2C42c4ccccc4-c4ccccc42)n1)c1ccccc1C3(C)C.CC1(C)c2ccccc2Nc2cc3c(cc21)N(c1ccccc1)c1ccccc1C3(C)C.Clc1nc(-c2ccccc2)cc(-c2cccc3c2-c2ccccc2C32c3ccccc3-c3ccccc32)n1.[H-].[Na+]. The number of anilines is 11. The molecule has 0 amide bonds. The molecule has 18 aromatic carbocycles. The van der Waals surface area contributed by atoms with Gasteiger partial charge in [-0.05, 0) is 230 Å². The van der Waals surface area contributed by atoms with Gasteiger partial charge in [0.25, 0.3) is 0 Å². The van der Waals surface area contributed by atoms with Crippen LogP contribution in [0.3, 0.4) is 0 Å². The Balaban J connectivity index is 0.000000126. The van der Waals surface area contributed by atoms with Crippen LogP contribution < -0.4 is 49.6 Å². The Morgan fingerprint density at radius 2 is 0.493 bits per heavy atom. The Labute approximate surface area is 846 Å². The van der Waals surface area contributed by atoms with Gasteiger partial charge in [0, 0.05) is 66.7 Å². The summed E-state index contributed by atoms with van der Waals surface area (Å²) in [7, 11) is 0. The molecule has 8 aliphatic rings. The molecule has 0 fully saturated rings. The first kappa shape index (κ1) is 86.2. The molecule has 1 N–H and O–H groups in total. The maximum Gasteiger partial charge on any atom is 1.00 e. The maximum absolute atomic E-state index is 6.53. The van der Waals surface area contributed by atoms with Crippen molar-refractivity contribution < 1.29 is 31.0 Å². The third-order valence-corrected chi connectivity index (χ3v) is 31.5. The van der Waals surface area contributed by atoms with E-state index in [0.717, 1.165) is 62.1 Å². The van der Waals surface area contributed by atoms with Crippen molar-refractivity contribution in [2.75, 3.05) is 20.0 Å². The van der Waals surface area contributed by atoms with Gasteiger partial charge in [-0.1, -0.05) is 407 Å². The van der Waals surface area contributed by atoms with E-state index in [1.54, 1.807) is 0 Å². The van der Waals surface area contributed by atoms with E-state index in [0.29, 0.717) is 5.95 Å². The van der Waals surface area contributed by atoms with E-state index in [1.807, 2.05) is 18.2 Å². The van der Waals surface area contributed by atoms with E-state index >= 15 is 0 Å². The van der Waals surface area contributed by atoms with Crippen molar-refractivity contribution in [1.82, 2.24) is 19.9 Å². The molecule has 0 unspecified atom stereocenters. The minimum atomic E-state index is -0.471. The molecule has 2 aromatic heterocycles. The molecule has 10 heteroatoms. The molecule has 0 bridgehead atoms. The van der Waals surface area contributed by atoms with Gasteiger partial charge in [0.2, 0.25) is 11.2 Å². The fraction of sp³-hybridized carbons (Fsp3) is 0.108. The summed E-state index contributed by atoms with van der Waals surface area (Å²) in [5.74, 6) is 0.639. The zero-order valence-electron chi connectivity index (χ0n) is 80.6. The number of hydrogen-bond donors (Lipinski definition) is 1. The summed E-state index contributed by atoms with van der Waals surface area (Å²) >= 11 is 6.53. The third kappa shape index (κ3) is 12.6. The van der Waals surface area contributed by atoms with Crippen LogP contribution >= 0.6 is 11.6 Å². The topological polar surface area (TPSA) is 73.3 Å². The summed E-state index contributed by atoms with van der Waals surface area (Å²) < 4.78 is 0. The van der Waals surface area contributed by atoms with Gasteiger partial charge in [0.05, 0.1) is 67.7 Å². The number of benzene rings is 18. The minimum Gasteiger partial charge on any atom is -1.00 e. The molecule has 0 radical (unpaired) electrons. The summed E-state index contributed by atoms with van der Waals surface area (Å²) in [5.41, 5.74) is 48.7. The summed E-state index contributed by atoms with van der Waals surface area (Å²) in [4.78, 5) is 28.0. The maximum atomic E-state index is 6.53. The normalized spacial score (nSPS) is 15.2. The minimum absolute atomic E-state index is 0. The summed E-state index contributed by atoms with van der Waals surface area (Å²) in [5, 5.41) is 3.99. The number of nitrogens with one attached hydrogen (secondary N) is 1. The van der Waals surface area contributed by atoms with Crippen molar-refractivity contribution in [1.29, 1.82) is 0 Å². The van der Waals surface area contributed by atoms with Gasteiger partial charge in [-0.3, -0.25) is 4.90 Å². The Hall–Kier alpha value is -15.4. The molecule has 666 valence electrons. The second kappa shape index (κ2) is 32.6. The fourth-order valence-corrected chi connectivity index (χ4v) is 25.2. The zero-order valence-corrected chi connectivity index (χ0v) is 82.3. The van der Waals surface area contributed by atoms with E-state index in [-0.39, 0.29) is 63.3 Å². The van der Waals surface area contributed by atoms with E-state index in [9.17, 15) is 0 Å². The van der Waals surface area contributed by atoms with Gasteiger partial charge in [-0.25, -0.2) is 19.9 Å². The Morgan fingerprint density at radius 1 is 0.214 bits per heavy atom. The van der Waals surface area contributed by atoms with Gasteiger partial charge in [0.1, 0.15) is 0 Å². The molecule has 0 saturated carbocycles. The van der Waals surface area contributed by atoms with Gasteiger partial charge < -0.3 is 16.5 Å². The average Bonchev–Trinajstić information content (AvgIpc) is 1.52. The van der Waals surface area contributed by atoms with Gasteiger partial charge >= 0.3 is 29.6 Å². The molecule has 8 nitrogen and oxygen atoms in total. The molecule has 28 rings (SSSR count). The molecule has 0 atom stereocenters. The van der Waals surface area contributed by atoms with Crippen LogP contribution in [0.25, 0.3) is 89.5 Å². The molecular formula is C130H98ClN8Na. The summed E-state index contributed by atoms with van der Waals surface area (Å²) in [6.07, 6.45) is 0. The predicted octanol–water partition coefficient (Wildman–Crippen LogP) is 30.5. The van der Waals surface area contributed by atoms with Crippen molar-refractivity contribution in [3.05, 3.63) is 531 Å². The molecule has 4 aliphatic carbocycles. The smallest absolute Gasteiger partial charge is 1.00 e. The summed E-state index contributed by atoms with van der Waals surface area (Å²) in [6.45, 7) is 18.9.